The second-order valence-corrected chi connectivity index (χ2v) is 5.03. The number of nitrogens with one attached hydrogen (secondary N) is 2. The molecule has 18 heavy (non-hydrogen) atoms. The first-order chi connectivity index (χ1) is 8.74. The predicted octanol–water partition coefficient (Wildman–Crippen LogP) is 0.890. The van der Waals surface area contributed by atoms with Crippen molar-refractivity contribution >= 4 is 41.2 Å². The third-order valence-electron chi connectivity index (χ3n) is 1.71. The van der Waals surface area contributed by atoms with E-state index in [0.29, 0.717) is 11.1 Å². The molecule has 94 valence electrons. The molecule has 0 fully saturated rings. The molecule has 2 heterocycles. The van der Waals surface area contributed by atoms with E-state index in [2.05, 4.69) is 25.7 Å². The zero-order valence-corrected chi connectivity index (χ0v) is 10.8. The van der Waals surface area contributed by atoms with Crippen LogP contribution in [0.15, 0.2) is 27.8 Å². The predicted molar refractivity (Wildman–Crippen MR) is 71.8 cm³/mol. The molecule has 0 bridgehead atoms. The molecule has 0 unspecified atom stereocenters. The van der Waals surface area contributed by atoms with Crippen LogP contribution < -0.4 is 11.2 Å². The van der Waals surface area contributed by atoms with Crippen molar-refractivity contribution in [2.45, 2.75) is 5.16 Å². The Labute approximate surface area is 111 Å². The van der Waals surface area contributed by atoms with Crippen molar-refractivity contribution in [2.24, 2.45) is 10.8 Å². The number of carbonyl (C=O) groups excluding carboxylic acids is 1. The highest BCUT2D eigenvalue weighted by Gasteiger charge is 2.04. The summed E-state index contributed by atoms with van der Waals surface area (Å²) in [5, 5.41) is 13.0. The molecule has 0 aliphatic heterocycles. The summed E-state index contributed by atoms with van der Waals surface area (Å²) >= 11 is 2.75. The van der Waals surface area contributed by atoms with E-state index in [9.17, 15) is 4.79 Å². The molecule has 7 nitrogen and oxygen atoms in total. The molecular weight excluding hydrogens is 272 g/mol. The standard InChI is InChI=1S/C9H10N6OS2/c10-7(16)5-18-9-12-8(14-15-9)13-11-4-6-2-1-3-17-6/h1-4H,5H2,(H2,10,16)(H2,12,13,14,15)/b11-4-. The molecule has 2 aromatic heterocycles. The fraction of sp³-hybridized carbons (Fsp3) is 0.111. The highest BCUT2D eigenvalue weighted by Crippen LogP contribution is 2.13. The van der Waals surface area contributed by atoms with Crippen LogP contribution in [-0.4, -0.2) is 33.1 Å². The van der Waals surface area contributed by atoms with Gasteiger partial charge in [-0.15, -0.1) is 16.4 Å². The van der Waals surface area contributed by atoms with Gasteiger partial charge in [-0.2, -0.15) is 10.1 Å². The van der Waals surface area contributed by atoms with Crippen molar-refractivity contribution in [1.82, 2.24) is 15.2 Å². The number of hydrazone groups is 1. The molecular formula is C9H10N6OS2. The minimum atomic E-state index is -0.407. The number of amides is 1. The summed E-state index contributed by atoms with van der Waals surface area (Å²) in [7, 11) is 0. The molecule has 0 aromatic carbocycles. The Kier molecular flexibility index (Phi) is 4.31. The zero-order chi connectivity index (χ0) is 12.8. The van der Waals surface area contributed by atoms with Gasteiger partial charge in [-0.3, -0.25) is 4.79 Å². The Balaban J connectivity index is 1.85. The zero-order valence-electron chi connectivity index (χ0n) is 9.16. The van der Waals surface area contributed by atoms with Crippen LogP contribution in [-0.2, 0) is 4.79 Å². The lowest BCUT2D eigenvalue weighted by Crippen LogP contribution is -2.13. The van der Waals surface area contributed by atoms with E-state index in [1.807, 2.05) is 17.5 Å². The Bertz CT molecular complexity index is 535. The quantitative estimate of drug-likeness (QED) is 0.414. The van der Waals surface area contributed by atoms with E-state index in [1.165, 1.54) is 0 Å². The van der Waals surface area contributed by atoms with Gasteiger partial charge in [0.25, 0.3) is 0 Å². The second kappa shape index (κ2) is 6.17. The third kappa shape index (κ3) is 3.86. The molecule has 9 heteroatoms. The molecule has 0 spiro atoms. The molecule has 0 aliphatic rings. The number of primary amides is 1. The van der Waals surface area contributed by atoms with Crippen LogP contribution in [0.3, 0.4) is 0 Å². The SMILES string of the molecule is NC(=O)CSc1n[nH]c(N/N=C\c2cccs2)n1. The topological polar surface area (TPSA) is 109 Å². The largest absolute Gasteiger partial charge is 0.369 e. The van der Waals surface area contributed by atoms with Crippen molar-refractivity contribution in [2.75, 3.05) is 11.2 Å². The monoisotopic (exact) mass is 282 g/mol. The number of H-pyrrole nitrogens is 1. The Morgan fingerprint density at radius 3 is 3.33 bits per heavy atom. The number of thiophene rings is 1. The lowest BCUT2D eigenvalue weighted by molar-refractivity contribution is -0.115. The maximum absolute atomic E-state index is 10.6. The molecule has 2 aromatic rings. The number of rotatable bonds is 6. The van der Waals surface area contributed by atoms with Gasteiger partial charge in [0.15, 0.2) is 0 Å². The molecule has 2 rings (SSSR count). The van der Waals surface area contributed by atoms with Gasteiger partial charge in [0.2, 0.25) is 17.0 Å². The maximum atomic E-state index is 10.6. The summed E-state index contributed by atoms with van der Waals surface area (Å²) in [5.74, 6) is 0.153. The molecule has 0 saturated heterocycles. The number of hydrogen-bond donors (Lipinski definition) is 3. The molecule has 0 atom stereocenters. The van der Waals surface area contributed by atoms with Crippen LogP contribution >= 0.6 is 23.1 Å². The number of aromatic amines is 1. The van der Waals surface area contributed by atoms with Crippen molar-refractivity contribution in [3.63, 3.8) is 0 Å². The van der Waals surface area contributed by atoms with Gasteiger partial charge in [-0.05, 0) is 11.4 Å². The van der Waals surface area contributed by atoms with Crippen LogP contribution in [0.4, 0.5) is 5.95 Å². The Morgan fingerprint density at radius 2 is 2.61 bits per heavy atom. The minimum Gasteiger partial charge on any atom is -0.369 e. The normalized spacial score (nSPS) is 10.9. The average molecular weight is 282 g/mol. The van der Waals surface area contributed by atoms with Crippen LogP contribution in [0, 0.1) is 0 Å². The van der Waals surface area contributed by atoms with Gasteiger partial charge < -0.3 is 5.73 Å². The number of thioether (sulfide) groups is 1. The minimum absolute atomic E-state index is 0.149. The maximum Gasteiger partial charge on any atom is 0.240 e. The first kappa shape index (κ1) is 12.6. The van der Waals surface area contributed by atoms with E-state index in [0.717, 1.165) is 16.6 Å². The van der Waals surface area contributed by atoms with Crippen LogP contribution in [0.5, 0.6) is 0 Å². The molecule has 4 N–H and O–H groups in total. The summed E-state index contributed by atoms with van der Waals surface area (Å²) in [6.45, 7) is 0. The van der Waals surface area contributed by atoms with Crippen LogP contribution in [0.25, 0.3) is 0 Å². The molecule has 0 saturated carbocycles. The van der Waals surface area contributed by atoms with Crippen molar-refractivity contribution in [3.05, 3.63) is 22.4 Å². The van der Waals surface area contributed by atoms with E-state index >= 15 is 0 Å². The van der Waals surface area contributed by atoms with Crippen LogP contribution in [0.1, 0.15) is 4.88 Å². The van der Waals surface area contributed by atoms with E-state index in [1.54, 1.807) is 17.6 Å². The summed E-state index contributed by atoms with van der Waals surface area (Å²) in [6.07, 6.45) is 1.68. The van der Waals surface area contributed by atoms with Gasteiger partial charge in [0.05, 0.1) is 12.0 Å². The van der Waals surface area contributed by atoms with Gasteiger partial charge in [0.1, 0.15) is 0 Å². The summed E-state index contributed by atoms with van der Waals surface area (Å²) in [6, 6.07) is 3.89. The number of hydrogen-bond acceptors (Lipinski definition) is 7. The summed E-state index contributed by atoms with van der Waals surface area (Å²) in [5.41, 5.74) is 7.73. The second-order valence-electron chi connectivity index (χ2n) is 3.11. The van der Waals surface area contributed by atoms with Crippen LogP contribution in [0.2, 0.25) is 0 Å². The Morgan fingerprint density at radius 1 is 1.72 bits per heavy atom. The number of nitrogens with zero attached hydrogens (tertiary/aromatic N) is 3. The first-order valence-electron chi connectivity index (χ1n) is 4.90. The summed E-state index contributed by atoms with van der Waals surface area (Å²) < 4.78 is 0. The van der Waals surface area contributed by atoms with Crippen molar-refractivity contribution in [1.29, 1.82) is 0 Å². The van der Waals surface area contributed by atoms with E-state index < -0.39 is 5.91 Å². The lowest BCUT2D eigenvalue weighted by Gasteiger charge is -1.91. The number of carbonyl (C=O) groups is 1. The van der Waals surface area contributed by atoms with Crippen molar-refractivity contribution < 1.29 is 4.79 Å². The van der Waals surface area contributed by atoms with Crippen molar-refractivity contribution in [3.8, 4) is 0 Å². The van der Waals surface area contributed by atoms with Gasteiger partial charge in [-0.1, -0.05) is 17.8 Å². The fourth-order valence-electron chi connectivity index (χ4n) is 1.02. The van der Waals surface area contributed by atoms with E-state index in [4.69, 9.17) is 5.73 Å². The number of nitrogens with two attached hydrogens (primary N) is 1. The first-order valence-corrected chi connectivity index (χ1v) is 6.76. The number of anilines is 1. The number of aromatic nitrogens is 3. The van der Waals surface area contributed by atoms with Gasteiger partial charge in [-0.25, -0.2) is 10.5 Å². The average Bonchev–Trinajstić information content (AvgIpc) is 2.97. The highest BCUT2D eigenvalue weighted by atomic mass is 32.2. The lowest BCUT2D eigenvalue weighted by atomic mass is 10.5. The van der Waals surface area contributed by atoms with Gasteiger partial charge in [0, 0.05) is 4.88 Å². The smallest absolute Gasteiger partial charge is 0.240 e. The van der Waals surface area contributed by atoms with E-state index in [-0.39, 0.29) is 5.75 Å². The summed E-state index contributed by atoms with van der Waals surface area (Å²) in [4.78, 5) is 15.7. The molecule has 0 radical (unpaired) electrons. The third-order valence-corrected chi connectivity index (χ3v) is 3.39. The highest BCUT2D eigenvalue weighted by molar-refractivity contribution is 7.99. The fourth-order valence-corrected chi connectivity index (χ4v) is 2.14. The van der Waals surface area contributed by atoms with Gasteiger partial charge >= 0.3 is 0 Å². The molecule has 0 aliphatic carbocycles. The Hall–Kier alpha value is -1.87. The molecule has 1 amide bonds.